The van der Waals surface area contributed by atoms with E-state index in [0.717, 1.165) is 10.9 Å². The summed E-state index contributed by atoms with van der Waals surface area (Å²) in [5.74, 6) is 0. The van der Waals surface area contributed by atoms with Gasteiger partial charge in [-0.3, -0.25) is 4.79 Å². The second-order valence-electron chi connectivity index (χ2n) is 2.39. The van der Waals surface area contributed by atoms with Crippen molar-refractivity contribution in [1.29, 1.82) is 0 Å². The van der Waals surface area contributed by atoms with Gasteiger partial charge in [-0.05, 0) is 12.1 Å². The van der Waals surface area contributed by atoms with Gasteiger partial charge in [0.2, 0.25) is 0 Å². The maximum atomic E-state index is 11.2. The second-order valence-corrected chi connectivity index (χ2v) is 2.39. The number of para-hydroxylation sites is 1. The van der Waals surface area contributed by atoms with Gasteiger partial charge < -0.3 is 4.98 Å². The Morgan fingerprint density at radius 1 is 1.08 bits per heavy atom. The van der Waals surface area contributed by atoms with Gasteiger partial charge in [0.1, 0.15) is 0 Å². The molecule has 0 unspecified atom stereocenters. The quantitative estimate of drug-likeness (QED) is 0.655. The van der Waals surface area contributed by atoms with Crippen molar-refractivity contribution >= 4 is 10.9 Å². The Balaban J connectivity index is 0.000000720. The summed E-state index contributed by atoms with van der Waals surface area (Å²) in [6, 6.07) is 8.99. The number of H-pyrrole nitrogens is 1. The minimum absolute atomic E-state index is 0. The number of nitrogens with one attached hydrogen (secondary N) is 1. The first-order valence-corrected chi connectivity index (χ1v) is 3.44. The molecule has 1 N–H and O–H groups in total. The van der Waals surface area contributed by atoms with Crippen LogP contribution >= 0.6 is 0 Å². The second kappa shape index (κ2) is 3.57. The molecule has 0 saturated heterocycles. The Kier molecular flexibility index (Phi) is 2.69. The van der Waals surface area contributed by atoms with Gasteiger partial charge in [-0.1, -0.05) is 12.1 Å². The van der Waals surface area contributed by atoms with Crippen molar-refractivity contribution in [3.63, 3.8) is 0 Å². The summed E-state index contributed by atoms with van der Waals surface area (Å²) in [6.45, 7) is 0. The molecule has 0 fully saturated rings. The van der Waals surface area contributed by atoms with Crippen LogP contribution in [-0.4, -0.2) is 4.98 Å². The average molecular weight is 209 g/mol. The van der Waals surface area contributed by atoms with Crippen LogP contribution in [0.2, 0.25) is 0 Å². The molecule has 1 aromatic carbocycles. The minimum Gasteiger partial charge on any atom is -0.361 e. The first-order chi connectivity index (χ1) is 5.38. The van der Waals surface area contributed by atoms with Gasteiger partial charge in [-0.15, -0.1) is 0 Å². The summed E-state index contributed by atoms with van der Waals surface area (Å²) in [7, 11) is 0. The van der Waals surface area contributed by atoms with E-state index in [2.05, 4.69) is 4.98 Å². The number of benzene rings is 1. The number of fused-ring (bicyclic) bond motifs is 1. The van der Waals surface area contributed by atoms with Crippen molar-refractivity contribution in [3.05, 3.63) is 46.8 Å². The fraction of sp³-hybridized carbons (Fsp3) is 0. The van der Waals surface area contributed by atoms with Crippen molar-refractivity contribution < 1.29 is 17.1 Å². The zero-order chi connectivity index (χ0) is 7.68. The molecular weight excluding hydrogens is 202 g/mol. The van der Waals surface area contributed by atoms with E-state index >= 15 is 0 Å². The van der Waals surface area contributed by atoms with Crippen LogP contribution in [0.15, 0.2) is 41.3 Å². The first kappa shape index (κ1) is 9.04. The monoisotopic (exact) mass is 208 g/mol. The number of aromatic amines is 1. The predicted octanol–water partition coefficient (Wildman–Crippen LogP) is 1.53. The van der Waals surface area contributed by atoms with Crippen LogP contribution in [0.25, 0.3) is 10.9 Å². The van der Waals surface area contributed by atoms with Gasteiger partial charge in [0.05, 0.1) is 0 Å². The molecule has 2 aromatic rings. The standard InChI is InChI=1S/C9H7NO.Cu/c11-9-5-6-10-8-4-2-1-3-7(8)9;/h1-6H,(H,10,11);. The third-order valence-electron chi connectivity index (χ3n) is 1.67. The van der Waals surface area contributed by atoms with Crippen LogP contribution < -0.4 is 5.43 Å². The van der Waals surface area contributed by atoms with E-state index < -0.39 is 0 Å². The van der Waals surface area contributed by atoms with Crippen LogP contribution in [0.1, 0.15) is 0 Å². The van der Waals surface area contributed by atoms with Crippen LogP contribution in [0.5, 0.6) is 0 Å². The number of aromatic nitrogens is 1. The first-order valence-electron chi connectivity index (χ1n) is 3.44. The van der Waals surface area contributed by atoms with Crippen molar-refractivity contribution in [2.24, 2.45) is 0 Å². The topological polar surface area (TPSA) is 32.9 Å². The molecule has 0 amide bonds. The molecule has 2 rings (SSSR count). The molecule has 0 aliphatic rings. The molecule has 0 saturated carbocycles. The molecule has 0 atom stereocenters. The normalized spacial score (nSPS) is 9.33. The van der Waals surface area contributed by atoms with Crippen LogP contribution in [-0.2, 0) is 17.1 Å². The van der Waals surface area contributed by atoms with E-state index in [1.807, 2.05) is 24.3 Å². The predicted molar refractivity (Wildman–Crippen MR) is 44.6 cm³/mol. The van der Waals surface area contributed by atoms with Crippen molar-refractivity contribution in [2.45, 2.75) is 0 Å². The van der Waals surface area contributed by atoms with Crippen molar-refractivity contribution in [2.75, 3.05) is 0 Å². The zero-order valence-electron chi connectivity index (χ0n) is 6.17. The van der Waals surface area contributed by atoms with Crippen LogP contribution in [0.4, 0.5) is 0 Å². The fourth-order valence-corrected chi connectivity index (χ4v) is 1.12. The Morgan fingerprint density at radius 3 is 2.58 bits per heavy atom. The van der Waals surface area contributed by atoms with E-state index in [-0.39, 0.29) is 22.5 Å². The fourth-order valence-electron chi connectivity index (χ4n) is 1.12. The summed E-state index contributed by atoms with van der Waals surface area (Å²) in [5, 5.41) is 0.745. The van der Waals surface area contributed by atoms with E-state index in [4.69, 9.17) is 0 Å². The molecule has 3 heteroatoms. The third-order valence-corrected chi connectivity index (χ3v) is 1.67. The van der Waals surface area contributed by atoms with E-state index in [0.29, 0.717) is 0 Å². The summed E-state index contributed by atoms with van der Waals surface area (Å²) in [6.07, 6.45) is 1.66. The molecule has 0 aliphatic heterocycles. The van der Waals surface area contributed by atoms with Crippen LogP contribution in [0.3, 0.4) is 0 Å². The molecule has 0 aliphatic carbocycles. The van der Waals surface area contributed by atoms with Crippen LogP contribution in [0, 0.1) is 0 Å². The molecule has 65 valence electrons. The Bertz CT molecular complexity index is 430. The maximum absolute atomic E-state index is 11.2. The Hall–Kier alpha value is -1.05. The number of hydrogen-bond donors (Lipinski definition) is 1. The summed E-state index contributed by atoms with van der Waals surface area (Å²) >= 11 is 0. The minimum atomic E-state index is 0. The number of pyridine rings is 1. The Morgan fingerprint density at radius 2 is 1.83 bits per heavy atom. The van der Waals surface area contributed by atoms with Gasteiger partial charge in [-0.25, -0.2) is 0 Å². The number of hydrogen-bond acceptors (Lipinski definition) is 1. The van der Waals surface area contributed by atoms with Crippen molar-refractivity contribution in [1.82, 2.24) is 4.98 Å². The molecule has 0 spiro atoms. The largest absolute Gasteiger partial charge is 0.361 e. The van der Waals surface area contributed by atoms with Gasteiger partial charge in [0, 0.05) is 40.2 Å². The SMILES string of the molecule is O=c1cc[nH]c2ccccc12.[Cu]. The third kappa shape index (κ3) is 1.42. The van der Waals surface area contributed by atoms with Gasteiger partial charge >= 0.3 is 0 Å². The molecule has 12 heavy (non-hydrogen) atoms. The van der Waals surface area contributed by atoms with Gasteiger partial charge in [0.25, 0.3) is 0 Å². The molecular formula is C9H7CuNO. The summed E-state index contributed by atoms with van der Waals surface area (Å²) in [5.41, 5.74) is 0.958. The van der Waals surface area contributed by atoms with E-state index in [9.17, 15) is 4.79 Å². The van der Waals surface area contributed by atoms with Gasteiger partial charge in [0.15, 0.2) is 5.43 Å². The number of rotatable bonds is 0. The van der Waals surface area contributed by atoms with E-state index in [1.165, 1.54) is 6.07 Å². The van der Waals surface area contributed by atoms with Gasteiger partial charge in [-0.2, -0.15) is 0 Å². The smallest absolute Gasteiger partial charge is 0.189 e. The molecule has 0 bridgehead atoms. The zero-order valence-corrected chi connectivity index (χ0v) is 7.12. The summed E-state index contributed by atoms with van der Waals surface area (Å²) < 4.78 is 0. The Labute approximate surface area is 80.1 Å². The maximum Gasteiger partial charge on any atom is 0.189 e. The summed E-state index contributed by atoms with van der Waals surface area (Å²) in [4.78, 5) is 14.2. The average Bonchev–Trinajstić information content (AvgIpc) is 2.06. The molecule has 1 radical (unpaired) electrons. The van der Waals surface area contributed by atoms with Crippen molar-refractivity contribution in [3.8, 4) is 0 Å². The van der Waals surface area contributed by atoms with E-state index in [1.54, 1.807) is 6.20 Å². The molecule has 1 aromatic heterocycles. The molecule has 1 heterocycles. The molecule has 2 nitrogen and oxygen atoms in total.